The SMILES string of the molecule is CN[C@H](CSCC1O[C@H]2O[C@@H]3C(CO)OC(O[C@@H]4C(CO)O[C@H](O[C@@H]5C(CO)O[C@@H](O[C@@H]6C(CSC[C@@H](CC(=O)COCCOCC(C)=O)C(=O)NCCCCCC(=O)OCn7cc(F)c(=O)[nH]c7=O)O[C@H](O[C@@H]7C(CO)O[C@@H](O[C@@H]8C(CO)O[C@@H](O[C@H]1[C@H](O)C2O)C(O)[C@H]8O)C(O)[C@H]7O)C(O)[C@H]6O)C(O)[C@H]5O)C(O)[C@H]4O)[C@@H](O)[C@H]3O)C(=O)NCCCCCC(=O)OCn1cc(F)c(=O)[nH]c1=O. The Balaban J connectivity index is 0.879. The number of rotatable bonds is 41. The number of aromatic nitrogens is 4. The second-order valence-corrected chi connectivity index (χ2v) is 35.5. The molecule has 0 saturated carbocycles. The summed E-state index contributed by atoms with van der Waals surface area (Å²) < 4.78 is 133. The van der Waals surface area contributed by atoms with Gasteiger partial charge in [-0.3, -0.25) is 57.5 Å². The van der Waals surface area contributed by atoms with Crippen LogP contribution in [0.25, 0.3) is 0 Å². The molecular weight excluding hydrogens is 1900 g/mol. The van der Waals surface area contributed by atoms with Gasteiger partial charge < -0.3 is 198 Å². The number of likely N-dealkylation sites (N-methyl/N-ethyl adjacent to an activating group) is 1. The number of esters is 2. The average molecular weight is 2020 g/mol. The number of hydrogen-bond donors (Lipinski definition) is 24. The predicted molar refractivity (Wildman–Crippen MR) is 445 cm³/mol. The van der Waals surface area contributed by atoms with Gasteiger partial charge in [-0.05, 0) is 39.7 Å². The number of unbranched alkanes of at least 4 members (excludes halogenated alkanes) is 4. The number of ketones is 2. The molecular formula is C79H121F2N7O47S2. The van der Waals surface area contributed by atoms with Crippen molar-refractivity contribution in [2.45, 2.75) is 299 Å². The summed E-state index contributed by atoms with van der Waals surface area (Å²) >= 11 is 1.74. The van der Waals surface area contributed by atoms with Crippen molar-refractivity contribution >= 4 is 58.8 Å². The minimum Gasteiger partial charge on any atom is -0.444 e. The number of aliphatic hydroxyl groups is 19. The van der Waals surface area contributed by atoms with Crippen molar-refractivity contribution in [3.63, 3.8) is 0 Å². The van der Waals surface area contributed by atoms with Gasteiger partial charge >= 0.3 is 23.3 Å². The lowest BCUT2D eigenvalue weighted by molar-refractivity contribution is -0.395. The summed E-state index contributed by atoms with van der Waals surface area (Å²) in [7, 11) is 1.43. The highest BCUT2D eigenvalue weighted by Gasteiger charge is 2.60. The Morgan fingerprint density at radius 2 is 0.693 bits per heavy atom. The first-order valence-electron chi connectivity index (χ1n) is 43.9. The van der Waals surface area contributed by atoms with Crippen molar-refractivity contribution in [3.05, 3.63) is 65.7 Å². The van der Waals surface area contributed by atoms with Gasteiger partial charge in [0, 0.05) is 55.4 Å². The second kappa shape index (κ2) is 53.9. The largest absolute Gasteiger partial charge is 0.444 e. The van der Waals surface area contributed by atoms with E-state index in [-0.39, 0.29) is 88.7 Å². The van der Waals surface area contributed by atoms with Crippen LogP contribution in [0, 0.1) is 17.6 Å². The molecule has 24 N–H and O–H groups in total. The van der Waals surface area contributed by atoms with E-state index < -0.39 is 362 Å². The van der Waals surface area contributed by atoms with Gasteiger partial charge in [0.15, 0.2) is 69.1 Å². The maximum absolute atomic E-state index is 14.2. The van der Waals surface area contributed by atoms with Crippen LogP contribution in [0.15, 0.2) is 31.6 Å². The summed E-state index contributed by atoms with van der Waals surface area (Å²) in [5.74, 6) is -9.05. The molecule has 54 nitrogen and oxygen atoms in total. The zero-order valence-electron chi connectivity index (χ0n) is 73.8. The molecule has 23 rings (SSSR count). The summed E-state index contributed by atoms with van der Waals surface area (Å²) in [4.78, 5) is 128. The lowest BCUT2D eigenvalue weighted by atomic mass is 9.95. The smallest absolute Gasteiger partial charge is 0.331 e. The maximum Gasteiger partial charge on any atom is 0.331 e. The summed E-state index contributed by atoms with van der Waals surface area (Å²) in [5.41, 5.74) is -4.61. The summed E-state index contributed by atoms with van der Waals surface area (Å²) in [6.45, 7) is -7.03. The fourth-order valence-corrected chi connectivity index (χ4v) is 18.2. The summed E-state index contributed by atoms with van der Waals surface area (Å²) in [6, 6.07) is -1.02. The summed E-state index contributed by atoms with van der Waals surface area (Å²) in [6.07, 6.45) is -73.2. The van der Waals surface area contributed by atoms with Crippen LogP contribution in [0.1, 0.15) is 64.7 Å². The molecule has 58 heteroatoms. The zero-order chi connectivity index (χ0) is 99.9. The third-order valence-electron chi connectivity index (χ3n) is 23.4. The maximum atomic E-state index is 14.2. The molecule has 0 spiro atoms. The first kappa shape index (κ1) is 113. The Kier molecular flexibility index (Phi) is 44.3. The highest BCUT2D eigenvalue weighted by molar-refractivity contribution is 7.99. The minimum atomic E-state index is -2.39. The van der Waals surface area contributed by atoms with Crippen molar-refractivity contribution in [2.75, 3.05) is 103 Å². The van der Waals surface area contributed by atoms with E-state index in [1.165, 1.54) is 14.0 Å². The van der Waals surface area contributed by atoms with Crippen LogP contribution >= 0.6 is 23.5 Å². The van der Waals surface area contributed by atoms with Crippen molar-refractivity contribution in [1.82, 2.24) is 35.1 Å². The Labute approximate surface area is 784 Å². The molecule has 0 aliphatic carbocycles. The molecule has 21 fully saturated rings. The van der Waals surface area contributed by atoms with Crippen molar-refractivity contribution in [1.29, 1.82) is 0 Å². The minimum absolute atomic E-state index is 0.0590. The molecule has 137 heavy (non-hydrogen) atoms. The van der Waals surface area contributed by atoms with Crippen LogP contribution in [-0.2, 0) is 127 Å². The molecule has 0 radical (unpaired) electrons. The standard InChI is InChI=1S/C79H121F2N7O47S2/c1-31(94)23-118-13-14-119-24-33(95)15-32(67(112)83-11-7-3-5-9-44(96)120-29-87-16-34(80)68(113)85-78(87)116)25-136-27-42-65-51(103)58(110)76(127-42)132-63-40(21-92)123-73(54(106)47(63)99)131-62-39(20-91)126-75(57(109)50(62)102)135-66-43(28-137-26-36(82-2)70(115)84-12-8-4-6-10-45(97)121-30-88-17-35(81)69(114)86-79(88)117)128-77(59(111)52(66)104)133-64-41(22-93)124-72(55(107)48(64)100)129-60-37(18-89)122-71(53(105)46(60)98)130-61-38(19-90)125-74(134-65)56(108)49(61)101/h16-17,32,36-43,46-66,71-77,82,89-93,98-111H,3-15,18-30H2,1-2H3,(H,83,112)(H,84,115)(H,85,113,116)(H,86,114,117)/t32-,36-,37?,38?,39?,40?,41?,42?,43?,46-,47-,48-,49-,50-,51-,52-,53?,54?,55+,56?,57?,58?,59?,60-,61-,62-,63-,64-,65-,66-,71-,72?,73+,74+,75+,76-,77+/m1/s1. The molecule has 21 saturated heterocycles. The van der Waals surface area contributed by atoms with Crippen LogP contribution in [0.5, 0.6) is 0 Å². The van der Waals surface area contributed by atoms with E-state index in [1.54, 1.807) is 9.97 Å². The Hall–Kier alpha value is -6.30. The number of nitrogens with one attached hydrogen (secondary N) is 5. The van der Waals surface area contributed by atoms with Crippen LogP contribution in [-0.4, -0.2) is 475 Å². The fraction of sp³-hybridized carbons (Fsp3) is 0.823. The molecule has 780 valence electrons. The molecule has 23 heterocycles. The van der Waals surface area contributed by atoms with Gasteiger partial charge in [-0.25, -0.2) is 9.59 Å². The molecule has 0 aromatic carbocycles. The summed E-state index contributed by atoms with van der Waals surface area (Å²) in [5, 5.41) is 230. The van der Waals surface area contributed by atoms with Crippen molar-refractivity contribution < 1.29 is 220 Å². The topological polar surface area (TPSA) is 799 Å². The normalized spacial score (nSPS) is 36.5. The lowest BCUT2D eigenvalue weighted by Crippen LogP contribution is -2.68. The van der Waals surface area contributed by atoms with E-state index in [0.717, 1.165) is 23.5 Å². The van der Waals surface area contributed by atoms with Gasteiger partial charge in [0.2, 0.25) is 23.4 Å². The number of nitrogens with zero attached hydrogens (tertiary/aromatic N) is 2. The van der Waals surface area contributed by atoms with E-state index in [9.17, 15) is 154 Å². The van der Waals surface area contributed by atoms with Crippen molar-refractivity contribution in [2.24, 2.45) is 5.92 Å². The molecule has 21 aliphatic rings. The molecule has 2 amide bonds. The van der Waals surface area contributed by atoms with Crippen LogP contribution < -0.4 is 38.4 Å². The average Bonchev–Trinajstić information content (AvgIpc) is 0.807. The number of aromatic amines is 2. The number of carbonyl (C=O) groups is 6. The fourth-order valence-electron chi connectivity index (χ4n) is 15.8. The predicted octanol–water partition coefficient (Wildman–Crippen LogP) is -14.2. The van der Waals surface area contributed by atoms with Gasteiger partial charge in [-0.15, -0.1) is 0 Å². The number of amides is 2. The van der Waals surface area contributed by atoms with E-state index in [1.807, 2.05) is 0 Å². The van der Waals surface area contributed by atoms with Crippen molar-refractivity contribution in [3.8, 4) is 0 Å². The third kappa shape index (κ3) is 29.7. The van der Waals surface area contributed by atoms with Crippen LogP contribution in [0.4, 0.5) is 8.78 Å². The van der Waals surface area contributed by atoms with Crippen LogP contribution in [0.3, 0.4) is 0 Å². The highest BCUT2D eigenvalue weighted by atomic mass is 32.2. The molecule has 14 bridgehead atoms. The van der Waals surface area contributed by atoms with E-state index >= 15 is 0 Å². The second-order valence-electron chi connectivity index (χ2n) is 33.4. The van der Waals surface area contributed by atoms with Gasteiger partial charge in [0.1, 0.15) is 172 Å². The number of thioether (sulfide) groups is 2. The van der Waals surface area contributed by atoms with E-state index in [0.29, 0.717) is 34.4 Å². The van der Waals surface area contributed by atoms with E-state index in [2.05, 4.69) is 16.0 Å². The van der Waals surface area contributed by atoms with Gasteiger partial charge in [0.25, 0.3) is 11.1 Å². The number of Topliss-reactive ketones (excluding diaryl/α,β-unsaturated/α-hetero) is 2. The van der Waals surface area contributed by atoms with Gasteiger partial charge in [0.05, 0.1) is 82.8 Å². The first-order valence-corrected chi connectivity index (χ1v) is 46.2. The molecule has 14 unspecified atom stereocenters. The van der Waals surface area contributed by atoms with Gasteiger partial charge in [-0.2, -0.15) is 32.3 Å². The molecule has 2 aromatic rings. The monoisotopic (exact) mass is 2020 g/mol. The Morgan fingerprint density at radius 1 is 0.401 bits per heavy atom. The molecule has 37 atom stereocenters. The van der Waals surface area contributed by atoms with Gasteiger partial charge in [-0.1, -0.05) is 12.8 Å². The quantitative estimate of drug-likeness (QED) is 0.0217. The number of hydrogen-bond acceptors (Lipinski definition) is 50. The first-order chi connectivity index (χ1) is 65.3. The number of carbonyl (C=O) groups excluding carboxylic acids is 6. The zero-order valence-corrected chi connectivity index (χ0v) is 75.4. The number of aliphatic hydroxyl groups excluding tert-OH is 19. The number of halogens is 2. The Morgan fingerprint density at radius 3 is 1.00 bits per heavy atom. The van der Waals surface area contributed by atoms with E-state index in [4.69, 9.17) is 85.3 Å². The molecule has 2 aromatic heterocycles. The number of H-pyrrole nitrogens is 2. The number of ether oxygens (including phenoxy) is 18. The lowest BCUT2D eigenvalue weighted by Gasteiger charge is -2.50. The Bertz CT molecular complexity index is 4400. The third-order valence-corrected chi connectivity index (χ3v) is 25.8. The highest BCUT2D eigenvalue weighted by Crippen LogP contribution is 2.41. The molecule has 21 aliphatic heterocycles. The van der Waals surface area contributed by atoms with Crippen LogP contribution in [0.2, 0.25) is 0 Å².